The first kappa shape index (κ1) is 18.7. The summed E-state index contributed by atoms with van der Waals surface area (Å²) in [5, 5.41) is 2.96. The SMILES string of the molecule is COC(=O)CCCCCCC(=O)Nc1cccc(-c2ccccc2)c1. The number of esters is 1. The minimum Gasteiger partial charge on any atom is -0.469 e. The van der Waals surface area contributed by atoms with Crippen molar-refractivity contribution in [2.24, 2.45) is 0 Å². The van der Waals surface area contributed by atoms with E-state index in [1.807, 2.05) is 42.5 Å². The molecule has 4 heteroatoms. The molecule has 4 nitrogen and oxygen atoms in total. The number of hydrogen-bond acceptors (Lipinski definition) is 3. The molecule has 0 bridgehead atoms. The van der Waals surface area contributed by atoms with Gasteiger partial charge in [0.25, 0.3) is 0 Å². The summed E-state index contributed by atoms with van der Waals surface area (Å²) < 4.78 is 4.60. The number of methoxy groups -OCH3 is 1. The van der Waals surface area contributed by atoms with E-state index < -0.39 is 0 Å². The van der Waals surface area contributed by atoms with E-state index in [4.69, 9.17) is 0 Å². The predicted octanol–water partition coefficient (Wildman–Crippen LogP) is 4.81. The quantitative estimate of drug-likeness (QED) is 0.527. The molecule has 2 aromatic carbocycles. The highest BCUT2D eigenvalue weighted by Crippen LogP contribution is 2.22. The van der Waals surface area contributed by atoms with E-state index in [0.29, 0.717) is 12.8 Å². The zero-order chi connectivity index (χ0) is 17.9. The molecule has 0 spiro atoms. The van der Waals surface area contributed by atoms with E-state index in [2.05, 4.69) is 22.2 Å². The van der Waals surface area contributed by atoms with E-state index >= 15 is 0 Å². The van der Waals surface area contributed by atoms with Crippen LogP contribution in [0.1, 0.15) is 38.5 Å². The van der Waals surface area contributed by atoms with Gasteiger partial charge >= 0.3 is 5.97 Å². The van der Waals surface area contributed by atoms with Crippen LogP contribution in [-0.2, 0) is 14.3 Å². The number of nitrogens with one attached hydrogen (secondary N) is 1. The van der Waals surface area contributed by atoms with E-state index in [0.717, 1.165) is 42.5 Å². The summed E-state index contributed by atoms with van der Waals surface area (Å²) in [5.74, 6) is -0.144. The van der Waals surface area contributed by atoms with Crippen molar-refractivity contribution in [2.45, 2.75) is 38.5 Å². The van der Waals surface area contributed by atoms with Crippen LogP contribution in [-0.4, -0.2) is 19.0 Å². The molecule has 2 rings (SSSR count). The molecule has 1 amide bonds. The van der Waals surface area contributed by atoms with Crippen molar-refractivity contribution in [3.63, 3.8) is 0 Å². The minimum atomic E-state index is -0.170. The summed E-state index contributed by atoms with van der Waals surface area (Å²) in [7, 11) is 1.40. The predicted molar refractivity (Wildman–Crippen MR) is 100 cm³/mol. The molecule has 0 aromatic heterocycles. The molecule has 0 unspecified atom stereocenters. The monoisotopic (exact) mass is 339 g/mol. The highest BCUT2D eigenvalue weighted by atomic mass is 16.5. The van der Waals surface area contributed by atoms with Crippen LogP contribution in [0, 0.1) is 0 Å². The number of carbonyl (C=O) groups excluding carboxylic acids is 2. The lowest BCUT2D eigenvalue weighted by molar-refractivity contribution is -0.140. The molecule has 0 radical (unpaired) electrons. The van der Waals surface area contributed by atoms with Crippen molar-refractivity contribution in [3.8, 4) is 11.1 Å². The summed E-state index contributed by atoms with van der Waals surface area (Å²) in [4.78, 5) is 23.1. The maximum absolute atomic E-state index is 12.1. The lowest BCUT2D eigenvalue weighted by Gasteiger charge is -2.08. The maximum Gasteiger partial charge on any atom is 0.305 e. The zero-order valence-corrected chi connectivity index (χ0v) is 14.7. The highest BCUT2D eigenvalue weighted by molar-refractivity contribution is 5.91. The number of rotatable bonds is 9. The van der Waals surface area contributed by atoms with E-state index in [1.165, 1.54) is 7.11 Å². The molecule has 25 heavy (non-hydrogen) atoms. The van der Waals surface area contributed by atoms with Gasteiger partial charge in [0, 0.05) is 18.5 Å². The van der Waals surface area contributed by atoms with Gasteiger partial charge in [0.1, 0.15) is 0 Å². The molecule has 0 heterocycles. The van der Waals surface area contributed by atoms with Crippen LogP contribution in [0.15, 0.2) is 54.6 Å². The fourth-order valence-electron chi connectivity index (χ4n) is 2.64. The third kappa shape index (κ3) is 6.79. The summed E-state index contributed by atoms with van der Waals surface area (Å²) in [6, 6.07) is 18.0. The van der Waals surface area contributed by atoms with Crippen LogP contribution in [0.3, 0.4) is 0 Å². The van der Waals surface area contributed by atoms with Gasteiger partial charge in [-0.25, -0.2) is 0 Å². The molecule has 0 aliphatic rings. The highest BCUT2D eigenvalue weighted by Gasteiger charge is 2.05. The number of hydrogen-bond donors (Lipinski definition) is 1. The molecule has 0 aliphatic heterocycles. The molecule has 132 valence electrons. The van der Waals surface area contributed by atoms with Crippen molar-refractivity contribution >= 4 is 17.6 Å². The Hall–Kier alpha value is -2.62. The molecule has 0 fully saturated rings. The van der Waals surface area contributed by atoms with Crippen molar-refractivity contribution in [3.05, 3.63) is 54.6 Å². The van der Waals surface area contributed by atoms with Crippen LogP contribution in [0.5, 0.6) is 0 Å². The first-order chi connectivity index (χ1) is 12.2. The van der Waals surface area contributed by atoms with E-state index in [9.17, 15) is 9.59 Å². The standard InChI is InChI=1S/C21H25NO3/c1-25-21(24)15-8-3-2-7-14-20(23)22-19-13-9-12-18(16-19)17-10-5-4-6-11-17/h4-6,9-13,16H,2-3,7-8,14-15H2,1H3,(H,22,23). The Morgan fingerprint density at radius 2 is 1.52 bits per heavy atom. The Morgan fingerprint density at radius 1 is 0.840 bits per heavy atom. The van der Waals surface area contributed by atoms with Gasteiger partial charge in [0.15, 0.2) is 0 Å². The summed E-state index contributed by atoms with van der Waals surface area (Å²) in [6.07, 6.45) is 4.46. The Morgan fingerprint density at radius 3 is 2.24 bits per heavy atom. The molecule has 0 saturated heterocycles. The van der Waals surface area contributed by atoms with Gasteiger partial charge in [0.2, 0.25) is 5.91 Å². The average molecular weight is 339 g/mol. The maximum atomic E-state index is 12.1. The summed E-state index contributed by atoms with van der Waals surface area (Å²) >= 11 is 0. The Kier molecular flexibility index (Phi) is 7.70. The summed E-state index contributed by atoms with van der Waals surface area (Å²) in [6.45, 7) is 0. The lowest BCUT2D eigenvalue weighted by Crippen LogP contribution is -2.11. The second-order valence-corrected chi connectivity index (χ2v) is 5.99. The molecule has 0 saturated carbocycles. The van der Waals surface area contributed by atoms with Gasteiger partial charge in [-0.1, -0.05) is 55.3 Å². The Labute approximate surface area is 149 Å². The smallest absolute Gasteiger partial charge is 0.305 e. The topological polar surface area (TPSA) is 55.4 Å². The second kappa shape index (κ2) is 10.3. The number of ether oxygens (including phenoxy) is 1. The first-order valence-corrected chi connectivity index (χ1v) is 8.71. The van der Waals surface area contributed by atoms with Crippen molar-refractivity contribution < 1.29 is 14.3 Å². The second-order valence-electron chi connectivity index (χ2n) is 5.99. The number of amides is 1. The van der Waals surface area contributed by atoms with Gasteiger partial charge in [-0.2, -0.15) is 0 Å². The van der Waals surface area contributed by atoms with Gasteiger partial charge in [0.05, 0.1) is 7.11 Å². The van der Waals surface area contributed by atoms with Crippen LogP contribution in [0.25, 0.3) is 11.1 Å². The number of benzene rings is 2. The van der Waals surface area contributed by atoms with Gasteiger partial charge in [-0.3, -0.25) is 9.59 Å². The molecule has 0 atom stereocenters. The van der Waals surface area contributed by atoms with Gasteiger partial charge in [-0.05, 0) is 36.1 Å². The van der Waals surface area contributed by atoms with E-state index in [-0.39, 0.29) is 11.9 Å². The minimum absolute atomic E-state index is 0.0261. The van der Waals surface area contributed by atoms with Crippen molar-refractivity contribution in [2.75, 3.05) is 12.4 Å². The molecule has 1 N–H and O–H groups in total. The van der Waals surface area contributed by atoms with Gasteiger partial charge in [-0.15, -0.1) is 0 Å². The van der Waals surface area contributed by atoms with Crippen molar-refractivity contribution in [1.82, 2.24) is 0 Å². The third-order valence-corrected chi connectivity index (χ3v) is 4.02. The van der Waals surface area contributed by atoms with Crippen LogP contribution in [0.2, 0.25) is 0 Å². The Balaban J connectivity index is 1.73. The van der Waals surface area contributed by atoms with E-state index in [1.54, 1.807) is 0 Å². The normalized spacial score (nSPS) is 10.3. The average Bonchev–Trinajstić information content (AvgIpc) is 2.65. The molecule has 0 aliphatic carbocycles. The number of unbranched alkanes of at least 4 members (excludes halogenated alkanes) is 3. The first-order valence-electron chi connectivity index (χ1n) is 8.71. The molecule has 2 aromatic rings. The molecular formula is C21H25NO3. The van der Waals surface area contributed by atoms with Crippen molar-refractivity contribution in [1.29, 1.82) is 0 Å². The largest absolute Gasteiger partial charge is 0.469 e. The molecular weight excluding hydrogens is 314 g/mol. The number of carbonyl (C=O) groups is 2. The lowest BCUT2D eigenvalue weighted by atomic mass is 10.1. The number of anilines is 1. The van der Waals surface area contributed by atoms with Crippen LogP contribution < -0.4 is 5.32 Å². The zero-order valence-electron chi connectivity index (χ0n) is 14.7. The van der Waals surface area contributed by atoms with Gasteiger partial charge < -0.3 is 10.1 Å². The van der Waals surface area contributed by atoms with Crippen LogP contribution in [0.4, 0.5) is 5.69 Å². The fraction of sp³-hybridized carbons (Fsp3) is 0.333. The fourth-order valence-corrected chi connectivity index (χ4v) is 2.64. The van der Waals surface area contributed by atoms with Crippen LogP contribution >= 0.6 is 0 Å². The Bertz CT molecular complexity index is 683. The third-order valence-electron chi connectivity index (χ3n) is 4.02. The summed E-state index contributed by atoms with van der Waals surface area (Å²) in [5.41, 5.74) is 3.03.